The lowest BCUT2D eigenvalue weighted by Gasteiger charge is -2.35. The molecule has 0 spiro atoms. The summed E-state index contributed by atoms with van der Waals surface area (Å²) in [7, 11) is 0. The van der Waals surface area contributed by atoms with Gasteiger partial charge >= 0.3 is 12.0 Å². The van der Waals surface area contributed by atoms with E-state index >= 15 is 0 Å². The number of nitrogens with one attached hydrogen (secondary N) is 1. The Morgan fingerprint density at radius 3 is 2.29 bits per heavy atom. The number of carbonyl (C=O) groups excluding carboxylic acids is 1. The zero-order valence-corrected chi connectivity index (χ0v) is 10.1. The number of nitrogens with zero attached hydrogens (tertiary/aromatic N) is 2. The smallest absolute Gasteiger partial charge is 0.325 e. The molecule has 96 valence electrons. The highest BCUT2D eigenvalue weighted by atomic mass is 16.4. The number of urea groups is 1. The van der Waals surface area contributed by atoms with Crippen LogP contribution in [0.2, 0.25) is 0 Å². The number of hydrogen-bond donors (Lipinski definition) is 2. The fraction of sp³-hybridized carbons (Fsp3) is 0.818. The van der Waals surface area contributed by atoms with Crippen molar-refractivity contribution in [1.29, 1.82) is 0 Å². The van der Waals surface area contributed by atoms with Gasteiger partial charge in [0.1, 0.15) is 6.04 Å². The van der Waals surface area contributed by atoms with Gasteiger partial charge in [0.15, 0.2) is 0 Å². The van der Waals surface area contributed by atoms with Crippen molar-refractivity contribution in [2.75, 3.05) is 26.2 Å². The molecule has 6 heteroatoms. The number of piperazine rings is 1. The topological polar surface area (TPSA) is 72.9 Å². The van der Waals surface area contributed by atoms with E-state index in [9.17, 15) is 9.59 Å². The van der Waals surface area contributed by atoms with Crippen LogP contribution < -0.4 is 5.32 Å². The molecule has 1 saturated heterocycles. The number of hydrogen-bond acceptors (Lipinski definition) is 3. The summed E-state index contributed by atoms with van der Waals surface area (Å²) >= 11 is 0. The third-order valence-electron chi connectivity index (χ3n) is 3.38. The van der Waals surface area contributed by atoms with Gasteiger partial charge in [-0.25, -0.2) is 4.79 Å². The van der Waals surface area contributed by atoms with Gasteiger partial charge in [-0.2, -0.15) is 0 Å². The minimum absolute atomic E-state index is 0.268. The molecule has 1 atom stereocenters. The minimum Gasteiger partial charge on any atom is -0.480 e. The third kappa shape index (κ3) is 3.09. The molecule has 2 fully saturated rings. The summed E-state index contributed by atoms with van der Waals surface area (Å²) in [6.45, 7) is 4.66. The molecule has 17 heavy (non-hydrogen) atoms. The Kier molecular flexibility index (Phi) is 3.51. The summed E-state index contributed by atoms with van der Waals surface area (Å²) in [5, 5.41) is 11.2. The molecule has 0 bridgehead atoms. The number of rotatable bonds is 3. The molecule has 0 aromatic carbocycles. The van der Waals surface area contributed by atoms with Crippen LogP contribution in [-0.2, 0) is 4.79 Å². The first-order valence-electron chi connectivity index (χ1n) is 6.10. The van der Waals surface area contributed by atoms with Gasteiger partial charge in [0.2, 0.25) is 0 Å². The first-order valence-corrected chi connectivity index (χ1v) is 6.10. The van der Waals surface area contributed by atoms with E-state index in [1.807, 2.05) is 0 Å². The molecule has 1 saturated carbocycles. The van der Waals surface area contributed by atoms with Crippen LogP contribution in [0.5, 0.6) is 0 Å². The molecule has 2 amide bonds. The Morgan fingerprint density at radius 2 is 1.82 bits per heavy atom. The normalized spacial score (nSPS) is 23.2. The first-order chi connectivity index (χ1) is 8.08. The second-order valence-electron chi connectivity index (χ2n) is 4.76. The Bertz CT molecular complexity index is 309. The van der Waals surface area contributed by atoms with E-state index in [2.05, 4.69) is 10.2 Å². The average Bonchev–Trinajstić information content (AvgIpc) is 3.13. The van der Waals surface area contributed by atoms with Crippen LogP contribution in [0, 0.1) is 0 Å². The van der Waals surface area contributed by atoms with E-state index in [1.54, 1.807) is 4.90 Å². The van der Waals surface area contributed by atoms with E-state index in [1.165, 1.54) is 19.8 Å². The van der Waals surface area contributed by atoms with Crippen LogP contribution in [0.3, 0.4) is 0 Å². The maximum Gasteiger partial charge on any atom is 0.325 e. The Labute approximate surface area is 101 Å². The van der Waals surface area contributed by atoms with Crippen molar-refractivity contribution < 1.29 is 14.7 Å². The summed E-state index contributed by atoms with van der Waals surface area (Å²) in [6, 6.07) is -0.363. The highest BCUT2D eigenvalue weighted by Gasteiger charge is 2.32. The monoisotopic (exact) mass is 241 g/mol. The van der Waals surface area contributed by atoms with Crippen molar-refractivity contribution in [3.05, 3.63) is 0 Å². The van der Waals surface area contributed by atoms with Crippen molar-refractivity contribution in [1.82, 2.24) is 15.1 Å². The lowest BCUT2D eigenvalue weighted by atomic mass is 10.3. The minimum atomic E-state index is -1.00. The number of carbonyl (C=O) groups is 2. The highest BCUT2D eigenvalue weighted by Crippen LogP contribution is 2.27. The van der Waals surface area contributed by atoms with Crippen molar-refractivity contribution in [3.63, 3.8) is 0 Å². The molecule has 1 unspecified atom stereocenters. The van der Waals surface area contributed by atoms with Gasteiger partial charge < -0.3 is 15.3 Å². The molecule has 1 heterocycles. The second kappa shape index (κ2) is 4.91. The Morgan fingerprint density at radius 1 is 1.24 bits per heavy atom. The number of carboxylic acid groups (broad SMARTS) is 1. The van der Waals surface area contributed by atoms with Crippen molar-refractivity contribution in [3.8, 4) is 0 Å². The maximum atomic E-state index is 11.7. The van der Waals surface area contributed by atoms with Gasteiger partial charge in [-0.1, -0.05) is 0 Å². The molecule has 1 aliphatic heterocycles. The van der Waals surface area contributed by atoms with Crippen LogP contribution in [-0.4, -0.2) is 65.2 Å². The molecule has 6 nitrogen and oxygen atoms in total. The quantitative estimate of drug-likeness (QED) is 0.726. The van der Waals surface area contributed by atoms with Gasteiger partial charge in [0.05, 0.1) is 0 Å². The molecular formula is C11H19N3O3. The van der Waals surface area contributed by atoms with Crippen LogP contribution in [0.25, 0.3) is 0 Å². The molecule has 2 rings (SSSR count). The van der Waals surface area contributed by atoms with Crippen LogP contribution in [0.4, 0.5) is 4.79 Å². The van der Waals surface area contributed by atoms with Gasteiger partial charge in [-0.05, 0) is 19.8 Å². The predicted octanol–water partition coefficient (Wildman–Crippen LogP) is -0.0509. The van der Waals surface area contributed by atoms with E-state index in [0.29, 0.717) is 13.1 Å². The van der Waals surface area contributed by atoms with Gasteiger partial charge in [-0.3, -0.25) is 9.69 Å². The fourth-order valence-electron chi connectivity index (χ4n) is 2.07. The Balaban J connectivity index is 1.75. The number of carboxylic acids is 1. The lowest BCUT2D eigenvalue weighted by molar-refractivity contribution is -0.138. The molecule has 0 aromatic rings. The van der Waals surface area contributed by atoms with E-state index in [4.69, 9.17) is 5.11 Å². The molecule has 2 aliphatic rings. The van der Waals surface area contributed by atoms with Gasteiger partial charge in [0.25, 0.3) is 0 Å². The molecule has 0 radical (unpaired) electrons. The summed E-state index contributed by atoms with van der Waals surface area (Å²) in [4.78, 5) is 26.5. The first kappa shape index (κ1) is 12.2. The van der Waals surface area contributed by atoms with Crippen molar-refractivity contribution in [2.45, 2.75) is 31.8 Å². The summed E-state index contributed by atoms with van der Waals surface area (Å²) in [5.41, 5.74) is 0. The van der Waals surface area contributed by atoms with Crippen LogP contribution in [0.1, 0.15) is 19.8 Å². The Hall–Kier alpha value is -1.30. The van der Waals surface area contributed by atoms with Gasteiger partial charge in [-0.15, -0.1) is 0 Å². The van der Waals surface area contributed by atoms with Crippen LogP contribution in [0.15, 0.2) is 0 Å². The third-order valence-corrected chi connectivity index (χ3v) is 3.38. The second-order valence-corrected chi connectivity index (χ2v) is 4.76. The SMILES string of the molecule is CC(NC(=O)N1CCN(C2CC2)CC1)C(=O)O. The lowest BCUT2D eigenvalue weighted by Crippen LogP contribution is -2.54. The number of amides is 2. The van der Waals surface area contributed by atoms with Crippen LogP contribution >= 0.6 is 0 Å². The molecule has 1 aliphatic carbocycles. The summed E-state index contributed by atoms with van der Waals surface area (Å²) < 4.78 is 0. The average molecular weight is 241 g/mol. The standard InChI is InChI=1S/C11H19N3O3/c1-8(10(15)16)12-11(17)14-6-4-13(5-7-14)9-2-3-9/h8-9H,2-7H2,1H3,(H,12,17)(H,15,16). The predicted molar refractivity (Wildman–Crippen MR) is 61.8 cm³/mol. The molecular weight excluding hydrogens is 222 g/mol. The number of aliphatic carboxylic acids is 1. The van der Waals surface area contributed by atoms with E-state index in [-0.39, 0.29) is 6.03 Å². The zero-order chi connectivity index (χ0) is 12.4. The zero-order valence-electron chi connectivity index (χ0n) is 10.1. The van der Waals surface area contributed by atoms with Crippen molar-refractivity contribution in [2.24, 2.45) is 0 Å². The fourth-order valence-corrected chi connectivity index (χ4v) is 2.07. The largest absolute Gasteiger partial charge is 0.480 e. The maximum absolute atomic E-state index is 11.7. The van der Waals surface area contributed by atoms with Crippen molar-refractivity contribution >= 4 is 12.0 Å². The summed E-state index contributed by atoms with van der Waals surface area (Å²) in [6.07, 6.45) is 2.56. The molecule has 0 aromatic heterocycles. The van der Waals surface area contributed by atoms with E-state index in [0.717, 1.165) is 19.1 Å². The van der Waals surface area contributed by atoms with E-state index < -0.39 is 12.0 Å². The highest BCUT2D eigenvalue weighted by molar-refractivity contribution is 5.82. The molecule has 2 N–H and O–H groups in total. The van der Waals surface area contributed by atoms with Gasteiger partial charge in [0, 0.05) is 32.2 Å². The summed E-state index contributed by atoms with van der Waals surface area (Å²) in [5.74, 6) is -1.00.